The fraction of sp³-hybridized carbons (Fsp3) is 0.467. The van der Waals surface area contributed by atoms with Crippen molar-refractivity contribution in [1.82, 2.24) is 14.8 Å². The number of anilines is 1. The molecule has 0 saturated heterocycles. The third-order valence-electron chi connectivity index (χ3n) is 3.64. The molecular weight excluding hydrogens is 316 g/mol. The van der Waals surface area contributed by atoms with Crippen molar-refractivity contribution in [3.63, 3.8) is 0 Å². The SMILES string of the molecule is CC(C)(C)c1nn2c(c1Br)NCCC2c1cccnc1. The van der Waals surface area contributed by atoms with E-state index in [0.29, 0.717) is 0 Å². The van der Waals surface area contributed by atoms with Crippen LogP contribution in [-0.4, -0.2) is 21.3 Å². The smallest absolute Gasteiger partial charge is 0.139 e. The van der Waals surface area contributed by atoms with Crippen LogP contribution in [-0.2, 0) is 5.41 Å². The Bertz CT molecular complexity index is 613. The molecule has 20 heavy (non-hydrogen) atoms. The molecule has 1 aliphatic heterocycles. The van der Waals surface area contributed by atoms with Crippen molar-refractivity contribution in [3.8, 4) is 0 Å². The van der Waals surface area contributed by atoms with Gasteiger partial charge in [0.05, 0.1) is 16.2 Å². The number of hydrogen-bond donors (Lipinski definition) is 1. The summed E-state index contributed by atoms with van der Waals surface area (Å²) in [7, 11) is 0. The first kappa shape index (κ1) is 13.6. The van der Waals surface area contributed by atoms with Gasteiger partial charge in [0.1, 0.15) is 5.82 Å². The molecular formula is C15H19BrN4. The van der Waals surface area contributed by atoms with E-state index in [0.717, 1.165) is 29.0 Å². The van der Waals surface area contributed by atoms with E-state index in [9.17, 15) is 0 Å². The number of nitrogens with zero attached hydrogens (tertiary/aromatic N) is 3. The third-order valence-corrected chi connectivity index (χ3v) is 4.39. The molecule has 0 amide bonds. The second-order valence-corrected chi connectivity index (χ2v) is 7.02. The molecule has 1 atom stereocenters. The molecule has 2 aromatic rings. The molecule has 2 aromatic heterocycles. The summed E-state index contributed by atoms with van der Waals surface area (Å²) in [4.78, 5) is 4.24. The Kier molecular flexibility index (Phi) is 3.32. The highest BCUT2D eigenvalue weighted by atomic mass is 79.9. The van der Waals surface area contributed by atoms with Crippen LogP contribution in [0.3, 0.4) is 0 Å². The zero-order valence-corrected chi connectivity index (χ0v) is 13.6. The quantitative estimate of drug-likeness (QED) is 0.863. The minimum Gasteiger partial charge on any atom is -0.369 e. The molecule has 4 nitrogen and oxygen atoms in total. The van der Waals surface area contributed by atoms with E-state index in [2.05, 4.69) is 57.8 Å². The van der Waals surface area contributed by atoms with Crippen LogP contribution in [0.25, 0.3) is 0 Å². The van der Waals surface area contributed by atoms with Crippen LogP contribution in [0.15, 0.2) is 29.0 Å². The molecule has 3 heterocycles. The molecule has 1 unspecified atom stereocenters. The first-order chi connectivity index (χ1) is 9.48. The molecule has 0 fully saturated rings. The lowest BCUT2D eigenvalue weighted by atomic mass is 9.92. The summed E-state index contributed by atoms with van der Waals surface area (Å²) in [6.45, 7) is 7.51. The van der Waals surface area contributed by atoms with Crippen LogP contribution < -0.4 is 5.32 Å². The number of nitrogens with one attached hydrogen (secondary N) is 1. The van der Waals surface area contributed by atoms with Gasteiger partial charge >= 0.3 is 0 Å². The first-order valence-electron chi connectivity index (χ1n) is 6.91. The van der Waals surface area contributed by atoms with Crippen molar-refractivity contribution in [3.05, 3.63) is 40.3 Å². The highest BCUT2D eigenvalue weighted by Crippen LogP contribution is 2.39. The molecule has 0 aromatic carbocycles. The molecule has 106 valence electrons. The van der Waals surface area contributed by atoms with E-state index in [-0.39, 0.29) is 11.5 Å². The van der Waals surface area contributed by atoms with Crippen molar-refractivity contribution < 1.29 is 0 Å². The summed E-state index contributed by atoms with van der Waals surface area (Å²) >= 11 is 3.71. The fourth-order valence-corrected chi connectivity index (χ4v) is 3.60. The minimum absolute atomic E-state index is 0.0182. The molecule has 1 aliphatic rings. The van der Waals surface area contributed by atoms with Crippen LogP contribution in [0.5, 0.6) is 0 Å². The number of rotatable bonds is 1. The Hall–Kier alpha value is -1.36. The van der Waals surface area contributed by atoms with Gasteiger partial charge in [0, 0.05) is 24.4 Å². The van der Waals surface area contributed by atoms with E-state index in [1.807, 2.05) is 18.5 Å². The van der Waals surface area contributed by atoms with Gasteiger partial charge in [-0.25, -0.2) is 4.68 Å². The maximum Gasteiger partial charge on any atom is 0.139 e. The van der Waals surface area contributed by atoms with Crippen LogP contribution in [0.2, 0.25) is 0 Å². The van der Waals surface area contributed by atoms with Gasteiger partial charge in [0.25, 0.3) is 0 Å². The van der Waals surface area contributed by atoms with Gasteiger partial charge in [-0.15, -0.1) is 0 Å². The first-order valence-corrected chi connectivity index (χ1v) is 7.70. The average molecular weight is 335 g/mol. The number of halogens is 1. The summed E-state index contributed by atoms with van der Waals surface area (Å²) in [6, 6.07) is 4.37. The molecule has 5 heteroatoms. The van der Waals surface area contributed by atoms with Crippen LogP contribution in [0.1, 0.15) is 44.5 Å². The molecule has 1 N–H and O–H groups in total. The van der Waals surface area contributed by atoms with Crippen molar-refractivity contribution >= 4 is 21.7 Å². The van der Waals surface area contributed by atoms with Gasteiger partial charge in [-0.2, -0.15) is 5.10 Å². The minimum atomic E-state index is 0.0182. The Labute approximate surface area is 127 Å². The summed E-state index contributed by atoms with van der Waals surface area (Å²) in [5.74, 6) is 1.08. The second kappa shape index (κ2) is 4.88. The van der Waals surface area contributed by atoms with E-state index in [4.69, 9.17) is 5.10 Å². The predicted octanol–water partition coefficient (Wildman–Crippen LogP) is 3.74. The van der Waals surface area contributed by atoms with Crippen molar-refractivity contribution in [1.29, 1.82) is 0 Å². The summed E-state index contributed by atoms with van der Waals surface area (Å²) in [6.07, 6.45) is 4.77. The molecule has 0 saturated carbocycles. The van der Waals surface area contributed by atoms with Gasteiger partial charge in [-0.3, -0.25) is 4.98 Å². The lowest BCUT2D eigenvalue weighted by Crippen LogP contribution is -2.24. The van der Waals surface area contributed by atoms with Gasteiger partial charge in [0.2, 0.25) is 0 Å². The van der Waals surface area contributed by atoms with Gasteiger partial charge < -0.3 is 5.32 Å². The Morgan fingerprint density at radius 3 is 2.85 bits per heavy atom. The van der Waals surface area contributed by atoms with E-state index in [1.54, 1.807) is 0 Å². The molecule has 0 spiro atoms. The number of aromatic nitrogens is 3. The third kappa shape index (κ3) is 2.24. The molecule has 0 radical (unpaired) electrons. The van der Waals surface area contributed by atoms with E-state index in [1.165, 1.54) is 5.56 Å². The van der Waals surface area contributed by atoms with E-state index < -0.39 is 0 Å². The van der Waals surface area contributed by atoms with Gasteiger partial charge in [-0.05, 0) is 34.0 Å². The lowest BCUT2D eigenvalue weighted by Gasteiger charge is -2.26. The summed E-state index contributed by atoms with van der Waals surface area (Å²) in [5, 5.41) is 8.32. The lowest BCUT2D eigenvalue weighted by molar-refractivity contribution is 0.461. The van der Waals surface area contributed by atoms with Crippen LogP contribution >= 0.6 is 15.9 Å². The van der Waals surface area contributed by atoms with Gasteiger partial charge in [0.15, 0.2) is 0 Å². The zero-order valence-electron chi connectivity index (χ0n) is 12.0. The molecule has 0 bridgehead atoms. The number of pyridine rings is 1. The fourth-order valence-electron chi connectivity index (χ4n) is 2.61. The van der Waals surface area contributed by atoms with Crippen LogP contribution in [0.4, 0.5) is 5.82 Å². The van der Waals surface area contributed by atoms with Gasteiger partial charge in [-0.1, -0.05) is 26.8 Å². The maximum atomic E-state index is 4.86. The summed E-state index contributed by atoms with van der Waals surface area (Å²) in [5.41, 5.74) is 2.33. The van der Waals surface area contributed by atoms with Crippen molar-refractivity contribution in [2.75, 3.05) is 11.9 Å². The van der Waals surface area contributed by atoms with Crippen molar-refractivity contribution in [2.45, 2.75) is 38.6 Å². The maximum absolute atomic E-state index is 4.86. The standard InChI is InChI=1S/C15H19BrN4/c1-15(2,3)13-12(16)14-18-8-6-11(20(14)19-13)10-5-4-7-17-9-10/h4-5,7,9,11,18H,6,8H2,1-3H3. The second-order valence-electron chi connectivity index (χ2n) is 6.22. The average Bonchev–Trinajstić information content (AvgIpc) is 2.77. The Balaban J connectivity index is 2.10. The monoisotopic (exact) mass is 334 g/mol. The highest BCUT2D eigenvalue weighted by Gasteiger charge is 2.30. The topological polar surface area (TPSA) is 42.7 Å². The number of hydrogen-bond acceptors (Lipinski definition) is 3. The largest absolute Gasteiger partial charge is 0.369 e. The molecule has 3 rings (SSSR count). The van der Waals surface area contributed by atoms with Crippen LogP contribution in [0, 0.1) is 0 Å². The Morgan fingerprint density at radius 1 is 1.40 bits per heavy atom. The highest BCUT2D eigenvalue weighted by molar-refractivity contribution is 9.10. The predicted molar refractivity (Wildman–Crippen MR) is 84.1 cm³/mol. The number of fused-ring (bicyclic) bond motifs is 1. The summed E-state index contributed by atoms with van der Waals surface area (Å²) < 4.78 is 3.18. The van der Waals surface area contributed by atoms with E-state index >= 15 is 0 Å². The van der Waals surface area contributed by atoms with Crippen molar-refractivity contribution in [2.24, 2.45) is 0 Å². The Morgan fingerprint density at radius 2 is 2.20 bits per heavy atom. The zero-order chi connectivity index (χ0) is 14.3. The normalized spacial score (nSPS) is 18.5. The molecule has 0 aliphatic carbocycles.